The van der Waals surface area contributed by atoms with E-state index in [2.05, 4.69) is 9.73 Å². The van der Waals surface area contributed by atoms with Gasteiger partial charge in [-0.1, -0.05) is 64.8 Å². The van der Waals surface area contributed by atoms with Gasteiger partial charge in [0.05, 0.1) is 28.4 Å². The van der Waals surface area contributed by atoms with Crippen molar-refractivity contribution >= 4 is 75.2 Å². The second-order valence-corrected chi connectivity index (χ2v) is 7.80. The number of thioether (sulfide) groups is 1. The number of anilines is 1. The van der Waals surface area contributed by atoms with Gasteiger partial charge in [0.15, 0.2) is 10.4 Å². The number of methoxy groups -OCH3 is 1. The van der Waals surface area contributed by atoms with Crippen LogP contribution in [-0.2, 0) is 14.3 Å². The van der Waals surface area contributed by atoms with Crippen LogP contribution in [0, 0.1) is 0 Å². The fourth-order valence-corrected chi connectivity index (χ4v) is 4.48. The van der Waals surface area contributed by atoms with Crippen molar-refractivity contribution in [2.45, 2.75) is 5.25 Å². The molecule has 0 N–H and O–H groups in total. The van der Waals surface area contributed by atoms with Crippen LogP contribution in [0.4, 0.5) is 5.69 Å². The van der Waals surface area contributed by atoms with Crippen molar-refractivity contribution in [1.82, 2.24) is 0 Å². The van der Waals surface area contributed by atoms with Crippen molar-refractivity contribution in [3.05, 3.63) is 63.1 Å². The molecule has 0 aliphatic carbocycles. The zero-order valence-corrected chi connectivity index (χ0v) is 17.3. The van der Waals surface area contributed by atoms with Crippen molar-refractivity contribution in [3.63, 3.8) is 0 Å². The molecule has 1 fully saturated rings. The van der Waals surface area contributed by atoms with E-state index in [9.17, 15) is 14.4 Å². The van der Waals surface area contributed by atoms with Crippen molar-refractivity contribution in [2.24, 2.45) is 4.99 Å². The smallest absolute Gasteiger partial charge is 0.329 e. The number of hydrogen-bond acceptors (Lipinski definition) is 5. The summed E-state index contributed by atoms with van der Waals surface area (Å²) in [5.41, 5.74) is 0.397. The monoisotopic (exact) mass is 456 g/mol. The third-order valence-electron chi connectivity index (χ3n) is 3.71. The Labute approximate surface area is 179 Å². The van der Waals surface area contributed by atoms with Crippen molar-refractivity contribution in [2.75, 3.05) is 12.0 Å². The summed E-state index contributed by atoms with van der Waals surface area (Å²) in [5.74, 6) is -2.08. The number of para-hydroxylation sites is 1. The minimum absolute atomic E-state index is 0.0127. The first kappa shape index (κ1) is 20.7. The molecule has 0 saturated carbocycles. The number of amidine groups is 1. The van der Waals surface area contributed by atoms with Gasteiger partial charge in [-0.25, -0.2) is 0 Å². The van der Waals surface area contributed by atoms with E-state index >= 15 is 0 Å². The first-order valence-electron chi connectivity index (χ1n) is 7.74. The highest BCUT2D eigenvalue weighted by molar-refractivity contribution is 8.16. The van der Waals surface area contributed by atoms with E-state index in [0.29, 0.717) is 5.69 Å². The molecule has 1 aliphatic rings. The third kappa shape index (κ3) is 4.03. The number of amides is 2. The first-order chi connectivity index (χ1) is 13.3. The molecule has 2 aromatic carbocycles. The molecule has 2 aromatic rings. The molecule has 6 nitrogen and oxygen atoms in total. The van der Waals surface area contributed by atoms with Crippen LogP contribution in [0.25, 0.3) is 0 Å². The molecule has 1 saturated heterocycles. The minimum atomic E-state index is -1.17. The molecule has 0 spiro atoms. The quantitative estimate of drug-likeness (QED) is 0.502. The zero-order valence-electron chi connectivity index (χ0n) is 14.2. The highest BCUT2D eigenvalue weighted by Gasteiger charge is 2.44. The predicted molar refractivity (Wildman–Crippen MR) is 111 cm³/mol. The number of halogens is 3. The molecule has 2 amide bonds. The van der Waals surface area contributed by atoms with E-state index in [1.165, 1.54) is 24.1 Å². The summed E-state index contributed by atoms with van der Waals surface area (Å²) in [6, 6.07) is 11.2. The van der Waals surface area contributed by atoms with Crippen LogP contribution in [0.15, 0.2) is 47.5 Å². The standard InChI is InChI=1S/C18H11Cl3N2O4S/c1-27-17(26)14-16(25)23(10-5-3-2-4-6-10)18(28-14)22-15(24)13-11(20)7-9(19)8-12(13)21/h2-8,14H,1H3. The van der Waals surface area contributed by atoms with Gasteiger partial charge in [-0.2, -0.15) is 4.99 Å². The summed E-state index contributed by atoms with van der Waals surface area (Å²) in [7, 11) is 1.18. The summed E-state index contributed by atoms with van der Waals surface area (Å²) in [6.45, 7) is 0. The summed E-state index contributed by atoms with van der Waals surface area (Å²) in [4.78, 5) is 42.6. The summed E-state index contributed by atoms with van der Waals surface area (Å²) < 4.78 is 4.67. The maximum atomic E-state index is 12.8. The van der Waals surface area contributed by atoms with Gasteiger partial charge in [0.1, 0.15) is 0 Å². The Morgan fingerprint density at radius 1 is 1.11 bits per heavy atom. The second kappa shape index (κ2) is 8.53. The predicted octanol–water partition coefficient (Wildman–Crippen LogP) is 4.46. The van der Waals surface area contributed by atoms with Gasteiger partial charge < -0.3 is 4.74 Å². The molecular weight excluding hydrogens is 447 g/mol. The van der Waals surface area contributed by atoms with Crippen LogP contribution in [-0.4, -0.2) is 35.3 Å². The highest BCUT2D eigenvalue weighted by Crippen LogP contribution is 2.34. The molecule has 28 heavy (non-hydrogen) atoms. The van der Waals surface area contributed by atoms with Crippen molar-refractivity contribution < 1.29 is 19.1 Å². The van der Waals surface area contributed by atoms with Gasteiger partial charge in [-0.15, -0.1) is 0 Å². The first-order valence-corrected chi connectivity index (χ1v) is 9.76. The summed E-state index contributed by atoms with van der Waals surface area (Å²) in [5, 5.41) is -0.846. The fourth-order valence-electron chi connectivity index (χ4n) is 2.46. The normalized spacial score (nSPS) is 17.9. The van der Waals surface area contributed by atoms with E-state index in [4.69, 9.17) is 34.8 Å². The number of benzene rings is 2. The lowest BCUT2D eigenvalue weighted by Crippen LogP contribution is -2.35. The number of ether oxygens (including phenoxy) is 1. The number of aliphatic imine (C=N–C) groups is 1. The topological polar surface area (TPSA) is 76.0 Å². The van der Waals surface area contributed by atoms with E-state index in [1.54, 1.807) is 30.3 Å². The number of hydrogen-bond donors (Lipinski definition) is 0. The Bertz CT molecular complexity index is 975. The molecule has 1 heterocycles. The van der Waals surface area contributed by atoms with E-state index in [1.807, 2.05) is 0 Å². The Morgan fingerprint density at radius 2 is 1.71 bits per heavy atom. The minimum Gasteiger partial charge on any atom is -0.468 e. The maximum absolute atomic E-state index is 12.8. The van der Waals surface area contributed by atoms with Gasteiger partial charge in [-0.3, -0.25) is 19.3 Å². The molecule has 144 valence electrons. The highest BCUT2D eigenvalue weighted by atomic mass is 35.5. The Morgan fingerprint density at radius 3 is 2.29 bits per heavy atom. The van der Waals surface area contributed by atoms with E-state index in [0.717, 1.165) is 11.8 Å². The van der Waals surface area contributed by atoms with E-state index < -0.39 is 23.0 Å². The number of rotatable bonds is 3. The molecule has 3 rings (SSSR count). The molecule has 1 aliphatic heterocycles. The summed E-state index contributed by atoms with van der Waals surface area (Å²) >= 11 is 18.8. The number of esters is 1. The van der Waals surface area contributed by atoms with Crippen molar-refractivity contribution in [3.8, 4) is 0 Å². The lowest BCUT2D eigenvalue weighted by molar-refractivity contribution is -0.142. The molecule has 1 unspecified atom stereocenters. The molecule has 0 aromatic heterocycles. The van der Waals surface area contributed by atoms with Crippen LogP contribution in [0.5, 0.6) is 0 Å². The average Bonchev–Trinajstić information content (AvgIpc) is 2.96. The number of carbonyl (C=O) groups excluding carboxylic acids is 3. The van der Waals surface area contributed by atoms with Crippen LogP contribution in [0.1, 0.15) is 10.4 Å². The lowest BCUT2D eigenvalue weighted by Gasteiger charge is -2.16. The molecule has 1 atom stereocenters. The Hall–Kier alpha value is -2.06. The van der Waals surface area contributed by atoms with Crippen LogP contribution < -0.4 is 4.90 Å². The largest absolute Gasteiger partial charge is 0.468 e. The third-order valence-corrected chi connectivity index (χ3v) is 5.64. The Kier molecular flexibility index (Phi) is 6.30. The van der Waals surface area contributed by atoms with Gasteiger partial charge in [0.25, 0.3) is 11.8 Å². The fraction of sp³-hybridized carbons (Fsp3) is 0.111. The zero-order chi connectivity index (χ0) is 20.4. The molecule has 10 heteroatoms. The second-order valence-electron chi connectivity index (χ2n) is 5.47. The summed E-state index contributed by atoms with van der Waals surface area (Å²) in [6.07, 6.45) is 0. The van der Waals surface area contributed by atoms with Gasteiger partial charge >= 0.3 is 5.97 Å². The van der Waals surface area contributed by atoms with Crippen LogP contribution in [0.3, 0.4) is 0 Å². The van der Waals surface area contributed by atoms with Gasteiger partial charge in [0, 0.05) is 5.02 Å². The lowest BCUT2D eigenvalue weighted by atomic mass is 10.2. The van der Waals surface area contributed by atoms with E-state index in [-0.39, 0.29) is 25.8 Å². The van der Waals surface area contributed by atoms with Gasteiger partial charge in [0.2, 0.25) is 0 Å². The average molecular weight is 458 g/mol. The van der Waals surface area contributed by atoms with Gasteiger partial charge in [-0.05, 0) is 24.3 Å². The van der Waals surface area contributed by atoms with Crippen LogP contribution in [0.2, 0.25) is 15.1 Å². The molecule has 0 radical (unpaired) electrons. The van der Waals surface area contributed by atoms with Crippen LogP contribution >= 0.6 is 46.6 Å². The SMILES string of the molecule is COC(=O)C1SC(=NC(=O)c2c(Cl)cc(Cl)cc2Cl)N(c2ccccc2)C1=O. The molecule has 0 bridgehead atoms. The number of carbonyl (C=O) groups is 3. The Balaban J connectivity index is 2.05. The maximum Gasteiger partial charge on any atom is 0.329 e. The van der Waals surface area contributed by atoms with Crippen molar-refractivity contribution in [1.29, 1.82) is 0 Å². The molecular formula is C18H11Cl3N2O4S. The number of nitrogens with zero attached hydrogens (tertiary/aromatic N) is 2.